The van der Waals surface area contributed by atoms with E-state index in [1.165, 1.54) is 0 Å². The molecule has 1 heterocycles. The molecular formula is C14H24N4O. The normalized spacial score (nSPS) is 11.2. The molecule has 0 unspecified atom stereocenters. The molecular weight excluding hydrogens is 240 g/mol. The lowest BCUT2D eigenvalue weighted by Gasteiger charge is -2.32. The van der Waals surface area contributed by atoms with E-state index in [0.717, 1.165) is 25.0 Å². The quantitative estimate of drug-likeness (QED) is 0.544. The number of hydrazine groups is 1. The van der Waals surface area contributed by atoms with E-state index in [4.69, 9.17) is 5.84 Å². The Bertz CT molecular complexity index is 433. The molecule has 1 rings (SSSR count). The van der Waals surface area contributed by atoms with Gasteiger partial charge in [0.25, 0.3) is 5.91 Å². The molecule has 0 aliphatic rings. The van der Waals surface area contributed by atoms with Gasteiger partial charge in [-0.1, -0.05) is 20.8 Å². The Kier molecular flexibility index (Phi) is 5.30. The van der Waals surface area contributed by atoms with Crippen molar-refractivity contribution >= 4 is 11.6 Å². The van der Waals surface area contributed by atoms with Crippen LogP contribution in [0.5, 0.6) is 0 Å². The number of amides is 1. The Labute approximate surface area is 115 Å². The van der Waals surface area contributed by atoms with E-state index >= 15 is 0 Å². The molecule has 4 N–H and O–H groups in total. The van der Waals surface area contributed by atoms with Gasteiger partial charge in [0.15, 0.2) is 0 Å². The second-order valence-electron chi connectivity index (χ2n) is 4.81. The van der Waals surface area contributed by atoms with Gasteiger partial charge in [-0.3, -0.25) is 15.6 Å². The second kappa shape index (κ2) is 6.52. The van der Waals surface area contributed by atoms with E-state index in [-0.39, 0.29) is 11.4 Å². The Morgan fingerprint density at radius 2 is 1.89 bits per heavy atom. The number of hydrogen-bond acceptors (Lipinski definition) is 4. The van der Waals surface area contributed by atoms with E-state index in [0.29, 0.717) is 11.3 Å². The van der Waals surface area contributed by atoms with Crippen LogP contribution in [0.4, 0.5) is 5.69 Å². The number of nitrogens with two attached hydrogens (primary N) is 1. The summed E-state index contributed by atoms with van der Waals surface area (Å²) in [5, 5.41) is 3.12. The minimum Gasteiger partial charge on any atom is -0.347 e. The van der Waals surface area contributed by atoms with Crippen molar-refractivity contribution in [2.75, 3.05) is 5.43 Å². The molecule has 0 radical (unpaired) electrons. The fraction of sp³-hybridized carbons (Fsp3) is 0.571. The smallest absolute Gasteiger partial charge is 0.255 e. The highest BCUT2D eigenvalue weighted by Crippen LogP contribution is 2.22. The summed E-state index contributed by atoms with van der Waals surface area (Å²) in [5.74, 6) is 5.33. The summed E-state index contributed by atoms with van der Waals surface area (Å²) in [6.07, 6.45) is 4.26. The molecule has 5 heteroatoms. The summed E-state index contributed by atoms with van der Waals surface area (Å²) in [7, 11) is 0. The maximum absolute atomic E-state index is 12.4. The first kappa shape index (κ1) is 15.4. The Balaban J connectivity index is 3.01. The van der Waals surface area contributed by atoms with Gasteiger partial charge in [0.2, 0.25) is 0 Å². The number of nitrogens with one attached hydrogen (secondary N) is 2. The number of nitrogen functional groups attached to an aromatic ring is 1. The van der Waals surface area contributed by atoms with Crippen molar-refractivity contribution in [1.29, 1.82) is 0 Å². The van der Waals surface area contributed by atoms with Gasteiger partial charge in [-0.05, 0) is 32.3 Å². The topological polar surface area (TPSA) is 80.0 Å². The number of hydrogen-bond donors (Lipinski definition) is 3. The van der Waals surface area contributed by atoms with E-state index in [9.17, 15) is 4.79 Å². The summed E-state index contributed by atoms with van der Waals surface area (Å²) < 4.78 is 0. The second-order valence-corrected chi connectivity index (χ2v) is 4.81. The first-order valence-corrected chi connectivity index (χ1v) is 6.77. The fourth-order valence-corrected chi connectivity index (χ4v) is 2.18. The Morgan fingerprint density at radius 3 is 2.37 bits per heavy atom. The van der Waals surface area contributed by atoms with Crippen molar-refractivity contribution in [3.8, 4) is 0 Å². The van der Waals surface area contributed by atoms with Crippen LogP contribution >= 0.6 is 0 Å². The molecule has 0 saturated heterocycles. The van der Waals surface area contributed by atoms with Crippen LogP contribution in [0.25, 0.3) is 0 Å². The van der Waals surface area contributed by atoms with Crippen molar-refractivity contribution in [3.05, 3.63) is 23.5 Å². The summed E-state index contributed by atoms with van der Waals surface area (Å²) in [6, 6.07) is 1.76. The zero-order valence-electron chi connectivity index (χ0n) is 12.2. The SMILES string of the molecule is CCC(CC)(CC)NC(=O)c1cnc(C)cc1NN. The molecule has 0 aromatic carbocycles. The molecule has 1 aromatic rings. The van der Waals surface area contributed by atoms with Crippen molar-refractivity contribution in [2.45, 2.75) is 52.5 Å². The Morgan fingerprint density at radius 1 is 1.32 bits per heavy atom. The molecule has 0 bridgehead atoms. The maximum Gasteiger partial charge on any atom is 0.255 e. The van der Waals surface area contributed by atoms with Gasteiger partial charge in [-0.25, -0.2) is 0 Å². The first-order valence-electron chi connectivity index (χ1n) is 6.77. The van der Waals surface area contributed by atoms with Crippen LogP contribution in [0, 0.1) is 6.92 Å². The minimum atomic E-state index is -0.159. The number of pyridine rings is 1. The van der Waals surface area contributed by atoms with E-state index < -0.39 is 0 Å². The van der Waals surface area contributed by atoms with Crippen molar-refractivity contribution in [2.24, 2.45) is 5.84 Å². The highest BCUT2D eigenvalue weighted by molar-refractivity contribution is 5.99. The van der Waals surface area contributed by atoms with Crippen molar-refractivity contribution < 1.29 is 4.79 Å². The molecule has 1 aromatic heterocycles. The molecule has 0 aliphatic heterocycles. The van der Waals surface area contributed by atoms with Gasteiger partial charge in [0.1, 0.15) is 0 Å². The van der Waals surface area contributed by atoms with Crippen molar-refractivity contribution in [1.82, 2.24) is 10.3 Å². The first-order chi connectivity index (χ1) is 9.01. The molecule has 0 fully saturated rings. The van der Waals surface area contributed by atoms with E-state index in [1.807, 2.05) is 6.92 Å². The lowest BCUT2D eigenvalue weighted by molar-refractivity contribution is 0.0888. The molecule has 0 atom stereocenters. The monoisotopic (exact) mass is 264 g/mol. The van der Waals surface area contributed by atoms with Crippen LogP contribution < -0.4 is 16.6 Å². The van der Waals surface area contributed by atoms with E-state index in [1.54, 1.807) is 12.3 Å². The lowest BCUT2D eigenvalue weighted by atomic mass is 9.89. The standard InChI is InChI=1S/C14H24N4O/c1-5-14(6-2,7-3)17-13(19)11-9-16-10(4)8-12(11)18-15/h8-9H,5-7,15H2,1-4H3,(H,16,18)(H,17,19). The molecule has 0 saturated carbocycles. The van der Waals surface area contributed by atoms with Gasteiger partial charge in [-0.2, -0.15) is 0 Å². The third-order valence-corrected chi connectivity index (χ3v) is 3.85. The zero-order chi connectivity index (χ0) is 14.5. The minimum absolute atomic E-state index is 0.133. The summed E-state index contributed by atoms with van der Waals surface area (Å²) in [5.41, 5.74) is 4.29. The van der Waals surface area contributed by atoms with Crippen LogP contribution in [0.3, 0.4) is 0 Å². The molecule has 0 spiro atoms. The number of nitrogens with zero attached hydrogens (tertiary/aromatic N) is 1. The lowest BCUT2D eigenvalue weighted by Crippen LogP contribution is -2.47. The number of anilines is 1. The van der Waals surface area contributed by atoms with Crippen LogP contribution in [0.15, 0.2) is 12.3 Å². The molecule has 19 heavy (non-hydrogen) atoms. The number of rotatable bonds is 6. The van der Waals surface area contributed by atoms with E-state index in [2.05, 4.69) is 36.5 Å². The van der Waals surface area contributed by atoms with Crippen LogP contribution in [0.2, 0.25) is 0 Å². The van der Waals surface area contributed by atoms with Crippen LogP contribution in [-0.4, -0.2) is 16.4 Å². The molecule has 5 nitrogen and oxygen atoms in total. The highest BCUT2D eigenvalue weighted by atomic mass is 16.1. The summed E-state index contributed by atoms with van der Waals surface area (Å²) in [4.78, 5) is 16.5. The third kappa shape index (κ3) is 3.44. The average Bonchev–Trinajstić information content (AvgIpc) is 2.44. The summed E-state index contributed by atoms with van der Waals surface area (Å²) >= 11 is 0. The van der Waals surface area contributed by atoms with Gasteiger partial charge in [0.05, 0.1) is 11.3 Å². The third-order valence-electron chi connectivity index (χ3n) is 3.85. The zero-order valence-corrected chi connectivity index (χ0v) is 12.2. The Hall–Kier alpha value is -1.62. The van der Waals surface area contributed by atoms with Gasteiger partial charge in [-0.15, -0.1) is 0 Å². The molecule has 1 amide bonds. The maximum atomic E-state index is 12.4. The largest absolute Gasteiger partial charge is 0.347 e. The number of aryl methyl sites for hydroxylation is 1. The van der Waals surface area contributed by atoms with Crippen molar-refractivity contribution in [3.63, 3.8) is 0 Å². The average molecular weight is 264 g/mol. The van der Waals surface area contributed by atoms with Gasteiger partial charge in [0, 0.05) is 17.4 Å². The highest BCUT2D eigenvalue weighted by Gasteiger charge is 2.27. The number of carbonyl (C=O) groups is 1. The predicted molar refractivity (Wildman–Crippen MR) is 77.9 cm³/mol. The predicted octanol–water partition coefficient (Wildman–Crippen LogP) is 2.37. The van der Waals surface area contributed by atoms with Crippen LogP contribution in [0.1, 0.15) is 56.1 Å². The van der Waals surface area contributed by atoms with Crippen LogP contribution in [-0.2, 0) is 0 Å². The van der Waals surface area contributed by atoms with Gasteiger partial charge < -0.3 is 10.7 Å². The number of carbonyl (C=O) groups excluding carboxylic acids is 1. The fourth-order valence-electron chi connectivity index (χ4n) is 2.18. The molecule has 0 aliphatic carbocycles. The van der Waals surface area contributed by atoms with Gasteiger partial charge >= 0.3 is 0 Å². The summed E-state index contributed by atoms with van der Waals surface area (Å²) in [6.45, 7) is 8.12. The molecule has 106 valence electrons. The number of aromatic nitrogens is 1.